The molecule has 0 aromatic carbocycles. The van der Waals surface area contributed by atoms with Crippen molar-refractivity contribution in [3.8, 4) is 0 Å². The Morgan fingerprint density at radius 3 is 2.82 bits per heavy atom. The van der Waals surface area contributed by atoms with Crippen LogP contribution in [0.3, 0.4) is 0 Å². The molecule has 0 spiro atoms. The minimum absolute atomic E-state index is 0.357. The monoisotopic (exact) mass is 234 g/mol. The highest BCUT2D eigenvalue weighted by Gasteiger charge is 2.45. The van der Waals surface area contributed by atoms with Crippen molar-refractivity contribution in [2.45, 2.75) is 72.1 Å². The number of fused-ring (bicyclic) bond motifs is 1. The molecule has 2 atom stereocenters. The maximum Gasteiger partial charge on any atom is 0.158 e. The molecule has 0 amide bonds. The highest BCUT2D eigenvalue weighted by molar-refractivity contribution is 5.96. The predicted molar refractivity (Wildman–Crippen MR) is 71.9 cm³/mol. The molecule has 0 aromatic heterocycles. The Hall–Kier alpha value is -0.590. The van der Waals surface area contributed by atoms with Crippen molar-refractivity contribution in [1.29, 1.82) is 0 Å². The van der Waals surface area contributed by atoms with Crippen LogP contribution in [0.1, 0.15) is 72.1 Å². The largest absolute Gasteiger partial charge is 0.295 e. The topological polar surface area (TPSA) is 17.1 Å². The van der Waals surface area contributed by atoms with Crippen LogP contribution in [0.25, 0.3) is 0 Å². The number of hydrogen-bond donors (Lipinski definition) is 0. The number of carbonyl (C=O) groups excluding carboxylic acids is 1. The summed E-state index contributed by atoms with van der Waals surface area (Å²) < 4.78 is 0. The summed E-state index contributed by atoms with van der Waals surface area (Å²) in [6.45, 7) is 6.78. The zero-order valence-corrected chi connectivity index (χ0v) is 11.6. The molecule has 1 heteroatoms. The van der Waals surface area contributed by atoms with Crippen molar-refractivity contribution in [3.63, 3.8) is 0 Å². The number of Topliss-reactive ketones (excluding diaryl/α,β-unsaturated/α-hetero) is 1. The molecule has 0 bridgehead atoms. The lowest BCUT2D eigenvalue weighted by Crippen LogP contribution is -2.27. The number of unbranched alkanes of at least 4 members (excludes halogenated alkanes) is 1. The van der Waals surface area contributed by atoms with Crippen LogP contribution < -0.4 is 0 Å². The van der Waals surface area contributed by atoms with Crippen molar-refractivity contribution in [1.82, 2.24) is 0 Å². The summed E-state index contributed by atoms with van der Waals surface area (Å²) in [4.78, 5) is 12.2. The van der Waals surface area contributed by atoms with Gasteiger partial charge in [-0.2, -0.15) is 0 Å². The van der Waals surface area contributed by atoms with E-state index in [0.29, 0.717) is 11.2 Å². The fraction of sp³-hybridized carbons (Fsp3) is 0.812. The summed E-state index contributed by atoms with van der Waals surface area (Å²) in [6.07, 6.45) is 9.36. The fourth-order valence-electron chi connectivity index (χ4n) is 3.78. The van der Waals surface area contributed by atoms with Gasteiger partial charge in [0.2, 0.25) is 0 Å². The Balaban J connectivity index is 2.15. The number of allylic oxidation sites excluding steroid dienone is 2. The lowest BCUT2D eigenvalue weighted by Gasteiger charge is -2.38. The van der Waals surface area contributed by atoms with Crippen LogP contribution in [-0.4, -0.2) is 5.78 Å². The maximum absolute atomic E-state index is 12.2. The summed E-state index contributed by atoms with van der Waals surface area (Å²) in [5.41, 5.74) is 2.99. The van der Waals surface area contributed by atoms with Gasteiger partial charge < -0.3 is 0 Å². The first-order chi connectivity index (χ1) is 8.09. The van der Waals surface area contributed by atoms with E-state index < -0.39 is 0 Å². The van der Waals surface area contributed by atoms with Gasteiger partial charge in [0.1, 0.15) is 0 Å². The van der Waals surface area contributed by atoms with E-state index in [1.165, 1.54) is 36.8 Å². The molecular formula is C16H26O. The average molecular weight is 234 g/mol. The van der Waals surface area contributed by atoms with Crippen LogP contribution >= 0.6 is 0 Å². The van der Waals surface area contributed by atoms with E-state index in [0.717, 1.165) is 31.6 Å². The molecule has 0 aliphatic heterocycles. The zero-order valence-electron chi connectivity index (χ0n) is 11.6. The quantitative estimate of drug-likeness (QED) is 0.691. The second-order valence-corrected chi connectivity index (χ2v) is 6.19. The third-order valence-electron chi connectivity index (χ3n) is 5.25. The lowest BCUT2D eigenvalue weighted by atomic mass is 9.67. The molecular weight excluding hydrogens is 208 g/mol. The average Bonchev–Trinajstić information content (AvgIpc) is 2.59. The molecule has 0 heterocycles. The van der Waals surface area contributed by atoms with Gasteiger partial charge in [0.25, 0.3) is 0 Å². The van der Waals surface area contributed by atoms with Gasteiger partial charge in [-0.1, -0.05) is 38.7 Å². The van der Waals surface area contributed by atoms with Crippen molar-refractivity contribution in [2.75, 3.05) is 0 Å². The van der Waals surface area contributed by atoms with Crippen LogP contribution in [-0.2, 0) is 4.79 Å². The predicted octanol–water partition coefficient (Wildman–Crippen LogP) is 4.66. The van der Waals surface area contributed by atoms with Gasteiger partial charge in [-0.15, -0.1) is 0 Å². The second-order valence-electron chi connectivity index (χ2n) is 6.19. The Kier molecular flexibility index (Phi) is 3.75. The molecule has 2 aliphatic rings. The SMILES string of the molecule is CCCCC(=O)C1=C(C)[C@@]2(C)CCCC[C@H]2C1. The van der Waals surface area contributed by atoms with E-state index in [1.807, 2.05) is 0 Å². The minimum atomic E-state index is 0.357. The summed E-state index contributed by atoms with van der Waals surface area (Å²) in [6, 6.07) is 0. The molecule has 96 valence electrons. The summed E-state index contributed by atoms with van der Waals surface area (Å²) in [5, 5.41) is 0. The van der Waals surface area contributed by atoms with E-state index in [1.54, 1.807) is 0 Å². The number of carbonyl (C=O) groups is 1. The highest BCUT2D eigenvalue weighted by Crippen LogP contribution is 2.55. The van der Waals surface area contributed by atoms with Crippen LogP contribution in [0.15, 0.2) is 11.1 Å². The van der Waals surface area contributed by atoms with Gasteiger partial charge >= 0.3 is 0 Å². The van der Waals surface area contributed by atoms with Crippen LogP contribution in [0.5, 0.6) is 0 Å². The molecule has 0 unspecified atom stereocenters. The first-order valence-corrected chi connectivity index (χ1v) is 7.33. The van der Waals surface area contributed by atoms with Crippen LogP contribution in [0.2, 0.25) is 0 Å². The molecule has 1 nitrogen and oxygen atoms in total. The van der Waals surface area contributed by atoms with Crippen LogP contribution in [0, 0.1) is 11.3 Å². The van der Waals surface area contributed by atoms with E-state index in [2.05, 4.69) is 20.8 Å². The summed E-state index contributed by atoms with van der Waals surface area (Å²) in [7, 11) is 0. The molecule has 1 saturated carbocycles. The van der Waals surface area contributed by atoms with Gasteiger partial charge in [0.15, 0.2) is 5.78 Å². The van der Waals surface area contributed by atoms with E-state index >= 15 is 0 Å². The molecule has 2 rings (SSSR count). The van der Waals surface area contributed by atoms with Gasteiger partial charge in [0, 0.05) is 6.42 Å². The third kappa shape index (κ3) is 2.21. The first-order valence-electron chi connectivity index (χ1n) is 7.33. The maximum atomic E-state index is 12.2. The second kappa shape index (κ2) is 4.96. The molecule has 0 N–H and O–H groups in total. The molecule has 1 fully saturated rings. The Morgan fingerprint density at radius 1 is 1.41 bits per heavy atom. The van der Waals surface area contributed by atoms with Gasteiger partial charge in [-0.3, -0.25) is 4.79 Å². The molecule has 0 radical (unpaired) electrons. The molecule has 0 saturated heterocycles. The van der Waals surface area contributed by atoms with E-state index in [4.69, 9.17) is 0 Å². The van der Waals surface area contributed by atoms with E-state index in [-0.39, 0.29) is 0 Å². The van der Waals surface area contributed by atoms with Crippen molar-refractivity contribution >= 4 is 5.78 Å². The van der Waals surface area contributed by atoms with Crippen molar-refractivity contribution in [3.05, 3.63) is 11.1 Å². The van der Waals surface area contributed by atoms with Gasteiger partial charge in [-0.05, 0) is 49.5 Å². The smallest absolute Gasteiger partial charge is 0.158 e. The molecule has 2 aliphatic carbocycles. The Bertz CT molecular complexity index is 339. The first kappa shape index (κ1) is 12.9. The number of hydrogen-bond acceptors (Lipinski definition) is 1. The molecule has 17 heavy (non-hydrogen) atoms. The minimum Gasteiger partial charge on any atom is -0.295 e. The Morgan fingerprint density at radius 2 is 2.18 bits per heavy atom. The number of rotatable bonds is 4. The normalized spacial score (nSPS) is 32.8. The van der Waals surface area contributed by atoms with Crippen molar-refractivity contribution < 1.29 is 4.79 Å². The van der Waals surface area contributed by atoms with Crippen LogP contribution in [0.4, 0.5) is 0 Å². The lowest BCUT2D eigenvalue weighted by molar-refractivity contribution is -0.115. The van der Waals surface area contributed by atoms with Gasteiger partial charge in [0.05, 0.1) is 0 Å². The summed E-state index contributed by atoms with van der Waals surface area (Å²) >= 11 is 0. The van der Waals surface area contributed by atoms with Gasteiger partial charge in [-0.25, -0.2) is 0 Å². The summed E-state index contributed by atoms with van der Waals surface area (Å²) in [5.74, 6) is 1.21. The van der Waals surface area contributed by atoms with E-state index in [9.17, 15) is 4.79 Å². The zero-order chi connectivity index (χ0) is 12.5. The highest BCUT2D eigenvalue weighted by atomic mass is 16.1. The molecule has 0 aromatic rings. The number of ketones is 1. The standard InChI is InChI=1S/C16H26O/c1-4-5-9-15(17)14-11-13-8-6-7-10-16(13,3)12(14)2/h13H,4-11H2,1-3H3/t13-,16+/m0/s1. The third-order valence-corrected chi connectivity index (χ3v) is 5.25. The Labute approximate surface area is 106 Å². The fourth-order valence-corrected chi connectivity index (χ4v) is 3.78. The van der Waals surface area contributed by atoms with Crippen molar-refractivity contribution in [2.24, 2.45) is 11.3 Å².